The SMILES string of the molecule is COc1ccc(C2C(C(=O)c3cc(C)oc3C)C(c3ccc(F)cc3)N(C(=O)c3cccc(F)c3)C2(C)C(=O)O)cc1. The van der Waals surface area contributed by atoms with E-state index >= 15 is 0 Å². The molecule has 1 aliphatic rings. The summed E-state index contributed by atoms with van der Waals surface area (Å²) in [6.45, 7) is 4.72. The second-order valence-corrected chi connectivity index (χ2v) is 10.6. The molecular weight excluding hydrogens is 544 g/mol. The smallest absolute Gasteiger partial charge is 0.330 e. The molecule has 1 amide bonds. The molecule has 4 aromatic rings. The molecule has 1 aromatic heterocycles. The number of carbonyl (C=O) groups excluding carboxylic acids is 2. The number of aliphatic carboxylic acids is 1. The minimum absolute atomic E-state index is 0.0912. The maximum Gasteiger partial charge on any atom is 0.330 e. The number of Topliss-reactive ketones (excluding diaryl/α,β-unsaturated/α-hetero) is 1. The molecular formula is C33H29F2NO6. The zero-order valence-electron chi connectivity index (χ0n) is 23.4. The quantitative estimate of drug-likeness (QED) is 0.253. The predicted molar refractivity (Wildman–Crippen MR) is 149 cm³/mol. The Labute approximate surface area is 241 Å². The molecule has 7 nitrogen and oxygen atoms in total. The summed E-state index contributed by atoms with van der Waals surface area (Å²) >= 11 is 0. The molecule has 0 saturated carbocycles. The number of ketones is 1. The largest absolute Gasteiger partial charge is 0.497 e. The Kier molecular flexibility index (Phi) is 7.45. The van der Waals surface area contributed by atoms with E-state index < -0.39 is 52.7 Å². The van der Waals surface area contributed by atoms with Gasteiger partial charge in [0.25, 0.3) is 5.91 Å². The molecule has 1 fully saturated rings. The van der Waals surface area contributed by atoms with Gasteiger partial charge in [0.05, 0.1) is 24.6 Å². The summed E-state index contributed by atoms with van der Waals surface area (Å²) in [5.41, 5.74) is -1.04. The number of carbonyl (C=O) groups is 3. The van der Waals surface area contributed by atoms with Crippen molar-refractivity contribution in [3.05, 3.63) is 124 Å². The van der Waals surface area contributed by atoms with Gasteiger partial charge in [-0.2, -0.15) is 0 Å². The minimum atomic E-state index is -2.01. The van der Waals surface area contributed by atoms with Gasteiger partial charge >= 0.3 is 5.97 Å². The van der Waals surface area contributed by atoms with Crippen LogP contribution in [0, 0.1) is 31.4 Å². The van der Waals surface area contributed by atoms with Crippen molar-refractivity contribution in [3.8, 4) is 5.75 Å². The van der Waals surface area contributed by atoms with Gasteiger partial charge in [-0.05, 0) is 80.4 Å². The molecule has 3 aromatic carbocycles. The van der Waals surface area contributed by atoms with Crippen LogP contribution >= 0.6 is 0 Å². The Morgan fingerprint density at radius 1 is 0.905 bits per heavy atom. The lowest BCUT2D eigenvalue weighted by molar-refractivity contribution is -0.148. The van der Waals surface area contributed by atoms with Crippen LogP contribution in [-0.2, 0) is 4.79 Å². The monoisotopic (exact) mass is 573 g/mol. The van der Waals surface area contributed by atoms with Gasteiger partial charge < -0.3 is 19.2 Å². The lowest BCUT2D eigenvalue weighted by Gasteiger charge is -2.38. The van der Waals surface area contributed by atoms with Crippen molar-refractivity contribution in [3.63, 3.8) is 0 Å². The van der Waals surface area contributed by atoms with E-state index in [1.807, 2.05) is 0 Å². The van der Waals surface area contributed by atoms with E-state index in [-0.39, 0.29) is 11.1 Å². The first-order valence-electron chi connectivity index (χ1n) is 13.3. The number of hydrogen-bond acceptors (Lipinski definition) is 5. The average Bonchev–Trinajstić information content (AvgIpc) is 3.46. The van der Waals surface area contributed by atoms with E-state index in [0.29, 0.717) is 28.4 Å². The number of aryl methyl sites for hydroxylation is 2. The molecule has 0 aliphatic carbocycles. The highest BCUT2D eigenvalue weighted by Gasteiger charge is 2.65. The van der Waals surface area contributed by atoms with Gasteiger partial charge in [-0.3, -0.25) is 9.59 Å². The maximum atomic E-state index is 14.6. The van der Waals surface area contributed by atoms with Crippen LogP contribution in [-0.4, -0.2) is 40.3 Å². The van der Waals surface area contributed by atoms with Crippen LogP contribution in [0.25, 0.3) is 0 Å². The van der Waals surface area contributed by atoms with E-state index in [4.69, 9.17) is 9.15 Å². The van der Waals surface area contributed by atoms with Crippen LogP contribution in [0.2, 0.25) is 0 Å². The molecule has 5 rings (SSSR count). The number of carboxylic acids is 1. The van der Waals surface area contributed by atoms with Crippen molar-refractivity contribution in [2.24, 2.45) is 5.92 Å². The zero-order valence-corrected chi connectivity index (χ0v) is 23.4. The van der Waals surface area contributed by atoms with Crippen LogP contribution in [0.1, 0.15) is 62.2 Å². The number of hydrogen-bond donors (Lipinski definition) is 1. The highest BCUT2D eigenvalue weighted by Crippen LogP contribution is 2.57. The summed E-state index contributed by atoms with van der Waals surface area (Å²) in [5, 5.41) is 10.9. The number of furan rings is 1. The van der Waals surface area contributed by atoms with Crippen molar-refractivity contribution in [1.29, 1.82) is 0 Å². The first-order chi connectivity index (χ1) is 20.0. The summed E-state index contributed by atoms with van der Waals surface area (Å²) in [4.78, 5) is 43.4. The third kappa shape index (κ3) is 4.74. The summed E-state index contributed by atoms with van der Waals surface area (Å²) < 4.78 is 39.4. The Balaban J connectivity index is 1.83. The van der Waals surface area contributed by atoms with E-state index in [1.165, 1.54) is 56.5 Å². The van der Waals surface area contributed by atoms with Gasteiger partial charge in [-0.25, -0.2) is 13.6 Å². The fourth-order valence-corrected chi connectivity index (χ4v) is 6.17. The molecule has 0 spiro atoms. The van der Waals surface area contributed by atoms with E-state index in [1.54, 1.807) is 44.2 Å². The predicted octanol–water partition coefficient (Wildman–Crippen LogP) is 6.51. The van der Waals surface area contributed by atoms with Gasteiger partial charge in [0.15, 0.2) is 5.78 Å². The summed E-state index contributed by atoms with van der Waals surface area (Å²) in [7, 11) is 1.49. The standard InChI is InChI=1S/C33H29F2NO6/c1-18-16-26(19(2)42-18)30(37)27-28(20-10-14-25(41-4)15-11-20)33(3,32(39)40)36(29(27)21-8-12-23(34)13-9-21)31(38)22-6-5-7-24(35)17-22/h5-17,27-29H,1-4H3,(H,39,40). The van der Waals surface area contributed by atoms with Gasteiger partial charge in [0.1, 0.15) is 34.4 Å². The Bertz CT molecular complexity index is 1660. The summed E-state index contributed by atoms with van der Waals surface area (Å²) in [6, 6.07) is 17.2. The van der Waals surface area contributed by atoms with Crippen LogP contribution in [0.3, 0.4) is 0 Å². The Morgan fingerprint density at radius 3 is 2.10 bits per heavy atom. The lowest BCUT2D eigenvalue weighted by atomic mass is 9.71. The molecule has 0 radical (unpaired) electrons. The second kappa shape index (κ2) is 10.9. The van der Waals surface area contributed by atoms with Crippen molar-refractivity contribution < 1.29 is 37.4 Å². The Morgan fingerprint density at radius 2 is 1.55 bits per heavy atom. The first-order valence-corrected chi connectivity index (χ1v) is 13.3. The van der Waals surface area contributed by atoms with Crippen LogP contribution in [0.15, 0.2) is 83.3 Å². The van der Waals surface area contributed by atoms with E-state index in [9.17, 15) is 28.3 Å². The minimum Gasteiger partial charge on any atom is -0.497 e. The van der Waals surface area contributed by atoms with Crippen LogP contribution in [0.5, 0.6) is 5.75 Å². The van der Waals surface area contributed by atoms with Crippen molar-refractivity contribution in [1.82, 2.24) is 4.90 Å². The number of benzene rings is 3. The molecule has 216 valence electrons. The Hall–Kier alpha value is -4.79. The molecule has 42 heavy (non-hydrogen) atoms. The van der Waals surface area contributed by atoms with Crippen molar-refractivity contribution in [2.45, 2.75) is 38.3 Å². The fourth-order valence-electron chi connectivity index (χ4n) is 6.17. The number of ether oxygens (including phenoxy) is 1. The molecule has 1 saturated heterocycles. The summed E-state index contributed by atoms with van der Waals surface area (Å²) in [6.07, 6.45) is 0. The van der Waals surface area contributed by atoms with Crippen LogP contribution in [0.4, 0.5) is 8.78 Å². The van der Waals surface area contributed by atoms with E-state index in [2.05, 4.69) is 0 Å². The first kappa shape index (κ1) is 28.7. The number of likely N-dealkylation sites (tertiary alicyclic amines) is 1. The van der Waals surface area contributed by atoms with E-state index in [0.717, 1.165) is 11.0 Å². The van der Waals surface area contributed by atoms with Gasteiger partial charge in [0.2, 0.25) is 0 Å². The normalized spacial score (nSPS) is 21.8. The summed E-state index contributed by atoms with van der Waals surface area (Å²) in [5.74, 6) is -4.72. The average molecular weight is 574 g/mol. The molecule has 2 heterocycles. The second-order valence-electron chi connectivity index (χ2n) is 10.6. The van der Waals surface area contributed by atoms with Gasteiger partial charge in [0, 0.05) is 11.5 Å². The highest BCUT2D eigenvalue weighted by atomic mass is 19.1. The number of carboxylic acid groups (broad SMARTS) is 1. The molecule has 1 N–H and O–H groups in total. The van der Waals surface area contributed by atoms with Crippen LogP contribution < -0.4 is 4.74 Å². The molecule has 4 unspecified atom stereocenters. The molecule has 0 bridgehead atoms. The zero-order chi connectivity index (χ0) is 30.3. The molecule has 1 aliphatic heterocycles. The third-order valence-corrected chi connectivity index (χ3v) is 8.10. The topological polar surface area (TPSA) is 97.0 Å². The highest BCUT2D eigenvalue weighted by molar-refractivity contribution is 6.05. The number of rotatable bonds is 7. The number of methoxy groups -OCH3 is 1. The van der Waals surface area contributed by atoms with Gasteiger partial charge in [-0.15, -0.1) is 0 Å². The maximum absolute atomic E-state index is 14.6. The number of halogens is 2. The van der Waals surface area contributed by atoms with Crippen molar-refractivity contribution in [2.75, 3.05) is 7.11 Å². The number of amides is 1. The van der Waals surface area contributed by atoms with Gasteiger partial charge in [-0.1, -0.05) is 30.3 Å². The van der Waals surface area contributed by atoms with Crippen molar-refractivity contribution >= 4 is 17.7 Å². The fraction of sp³-hybridized carbons (Fsp3) is 0.242. The third-order valence-electron chi connectivity index (χ3n) is 8.10. The number of nitrogens with zero attached hydrogens (tertiary/aromatic N) is 1. The lowest BCUT2D eigenvalue weighted by Crippen LogP contribution is -2.54. The molecule has 4 atom stereocenters. The molecule has 9 heteroatoms.